The maximum atomic E-state index is 10.1. The Morgan fingerprint density at radius 2 is 1.74 bits per heavy atom. The lowest BCUT2D eigenvalue weighted by atomic mass is 10.0. The van der Waals surface area contributed by atoms with E-state index in [1.165, 1.54) is 18.2 Å². The van der Waals surface area contributed by atoms with Gasteiger partial charge in [0.05, 0.1) is 13.2 Å². The number of aromatic hydroxyl groups is 2. The van der Waals surface area contributed by atoms with Gasteiger partial charge in [-0.3, -0.25) is 0 Å². The van der Waals surface area contributed by atoms with Gasteiger partial charge >= 0.3 is 0 Å². The average Bonchev–Trinajstić information content (AvgIpc) is 2.42. The highest BCUT2D eigenvalue weighted by molar-refractivity contribution is 5.40. The summed E-state index contributed by atoms with van der Waals surface area (Å²) in [5.41, 5.74) is 1.23. The van der Waals surface area contributed by atoms with E-state index >= 15 is 0 Å². The quantitative estimate of drug-likeness (QED) is 0.738. The summed E-state index contributed by atoms with van der Waals surface area (Å²) in [7, 11) is 1.59. The predicted molar refractivity (Wildman–Crippen MR) is 71.4 cm³/mol. The van der Waals surface area contributed by atoms with Gasteiger partial charge in [0.2, 0.25) is 0 Å². The van der Waals surface area contributed by atoms with Crippen LogP contribution in [-0.2, 0) is 6.42 Å². The number of rotatable bonds is 4. The summed E-state index contributed by atoms with van der Waals surface area (Å²) in [5.74, 6) is 0.735. The molecule has 2 rings (SSSR count). The topological polar surface area (TPSA) is 69.9 Å². The van der Waals surface area contributed by atoms with Gasteiger partial charge < -0.3 is 20.1 Å². The standard InChI is InChI=1S/C15H16O4/c1-19-12-5-2-10(3-6-12)8-15(18)13-9-11(16)4-7-14(13)17/h2-7,9,15-18H,8H2,1H3. The van der Waals surface area contributed by atoms with Gasteiger partial charge in [-0.1, -0.05) is 12.1 Å². The molecule has 0 amide bonds. The summed E-state index contributed by atoms with van der Waals surface area (Å²) in [6.07, 6.45) is -0.526. The Bertz CT molecular complexity index is 549. The highest BCUT2D eigenvalue weighted by Crippen LogP contribution is 2.30. The first-order valence-corrected chi connectivity index (χ1v) is 5.93. The fraction of sp³-hybridized carbons (Fsp3) is 0.200. The third-order valence-electron chi connectivity index (χ3n) is 2.96. The minimum absolute atomic E-state index is 0.0154. The van der Waals surface area contributed by atoms with Crippen LogP contribution in [0.1, 0.15) is 17.2 Å². The van der Waals surface area contributed by atoms with E-state index in [4.69, 9.17) is 4.74 Å². The molecule has 1 atom stereocenters. The van der Waals surface area contributed by atoms with E-state index in [1.54, 1.807) is 7.11 Å². The van der Waals surface area contributed by atoms with Gasteiger partial charge in [0.1, 0.15) is 17.2 Å². The molecule has 0 saturated heterocycles. The van der Waals surface area contributed by atoms with Gasteiger partial charge in [-0.2, -0.15) is 0 Å². The van der Waals surface area contributed by atoms with Gasteiger partial charge in [0, 0.05) is 12.0 Å². The van der Waals surface area contributed by atoms with Gasteiger partial charge in [-0.25, -0.2) is 0 Å². The minimum Gasteiger partial charge on any atom is -0.508 e. The molecular formula is C15H16O4. The third kappa shape index (κ3) is 3.17. The second-order valence-electron chi connectivity index (χ2n) is 4.31. The molecule has 2 aromatic carbocycles. The number of hydrogen-bond donors (Lipinski definition) is 3. The van der Waals surface area contributed by atoms with Crippen LogP contribution in [0.4, 0.5) is 0 Å². The molecule has 0 spiro atoms. The van der Waals surface area contributed by atoms with E-state index in [0.29, 0.717) is 12.0 Å². The van der Waals surface area contributed by atoms with Crippen LogP contribution in [0.15, 0.2) is 42.5 Å². The van der Waals surface area contributed by atoms with Crippen molar-refractivity contribution in [1.82, 2.24) is 0 Å². The van der Waals surface area contributed by atoms with Crippen LogP contribution >= 0.6 is 0 Å². The molecular weight excluding hydrogens is 244 g/mol. The molecule has 1 unspecified atom stereocenters. The highest BCUT2D eigenvalue weighted by atomic mass is 16.5. The molecule has 0 bridgehead atoms. The third-order valence-corrected chi connectivity index (χ3v) is 2.96. The number of phenolic OH excluding ortho intramolecular Hbond substituents is 2. The molecule has 100 valence electrons. The maximum Gasteiger partial charge on any atom is 0.121 e. The smallest absolute Gasteiger partial charge is 0.121 e. The number of aliphatic hydroxyl groups excluding tert-OH is 1. The lowest BCUT2D eigenvalue weighted by Crippen LogP contribution is -2.02. The summed E-state index contributed by atoms with van der Waals surface area (Å²) in [6.45, 7) is 0. The molecule has 0 saturated carbocycles. The fourth-order valence-electron chi connectivity index (χ4n) is 1.90. The van der Waals surface area contributed by atoms with Crippen molar-refractivity contribution >= 4 is 0 Å². The normalized spacial score (nSPS) is 12.1. The molecule has 0 heterocycles. The maximum absolute atomic E-state index is 10.1. The Morgan fingerprint density at radius 3 is 2.37 bits per heavy atom. The van der Waals surface area contributed by atoms with Gasteiger partial charge in [-0.05, 0) is 35.9 Å². The molecule has 19 heavy (non-hydrogen) atoms. The minimum atomic E-state index is -0.875. The molecule has 0 aliphatic rings. The number of ether oxygens (including phenoxy) is 1. The van der Waals surface area contributed by atoms with Crippen LogP contribution in [0.5, 0.6) is 17.2 Å². The number of methoxy groups -OCH3 is 1. The number of phenols is 2. The van der Waals surface area contributed by atoms with E-state index in [1.807, 2.05) is 24.3 Å². The summed E-state index contributed by atoms with van der Waals surface area (Å²) in [6, 6.07) is 11.4. The first-order chi connectivity index (χ1) is 9.10. The summed E-state index contributed by atoms with van der Waals surface area (Å²) in [4.78, 5) is 0. The lowest BCUT2D eigenvalue weighted by Gasteiger charge is -2.13. The number of benzene rings is 2. The van der Waals surface area contributed by atoms with Crippen LogP contribution < -0.4 is 4.74 Å². The molecule has 4 heteroatoms. The summed E-state index contributed by atoms with van der Waals surface area (Å²) in [5, 5.41) is 29.2. The van der Waals surface area contributed by atoms with E-state index in [0.717, 1.165) is 11.3 Å². The fourth-order valence-corrected chi connectivity index (χ4v) is 1.90. The largest absolute Gasteiger partial charge is 0.508 e. The zero-order chi connectivity index (χ0) is 13.8. The van der Waals surface area contributed by atoms with Crippen LogP contribution in [0.3, 0.4) is 0 Å². The van der Waals surface area contributed by atoms with Gasteiger partial charge in [0.25, 0.3) is 0 Å². The monoisotopic (exact) mass is 260 g/mol. The van der Waals surface area contributed by atoms with E-state index < -0.39 is 6.10 Å². The van der Waals surface area contributed by atoms with Gasteiger partial charge in [-0.15, -0.1) is 0 Å². The van der Waals surface area contributed by atoms with Crippen LogP contribution in [0, 0.1) is 0 Å². The van der Waals surface area contributed by atoms with Crippen molar-refractivity contribution < 1.29 is 20.1 Å². The molecule has 3 N–H and O–H groups in total. The first kappa shape index (κ1) is 13.2. The first-order valence-electron chi connectivity index (χ1n) is 5.93. The van der Waals surface area contributed by atoms with Crippen molar-refractivity contribution in [3.8, 4) is 17.2 Å². The molecule has 0 aliphatic heterocycles. The Kier molecular flexibility index (Phi) is 3.92. The number of hydrogen-bond acceptors (Lipinski definition) is 4. The Morgan fingerprint density at radius 1 is 1.05 bits per heavy atom. The number of aliphatic hydroxyl groups is 1. The Labute approximate surface area is 111 Å². The molecule has 2 aromatic rings. The van der Waals surface area contributed by atoms with E-state index in [2.05, 4.69) is 0 Å². The Hall–Kier alpha value is -2.20. The van der Waals surface area contributed by atoms with Crippen molar-refractivity contribution in [2.75, 3.05) is 7.11 Å². The van der Waals surface area contributed by atoms with E-state index in [9.17, 15) is 15.3 Å². The van der Waals surface area contributed by atoms with Crippen molar-refractivity contribution in [2.45, 2.75) is 12.5 Å². The SMILES string of the molecule is COc1ccc(CC(O)c2cc(O)ccc2O)cc1. The second kappa shape index (κ2) is 5.63. The molecule has 0 fully saturated rings. The zero-order valence-corrected chi connectivity index (χ0v) is 10.6. The lowest BCUT2D eigenvalue weighted by molar-refractivity contribution is 0.174. The predicted octanol–water partition coefficient (Wildman–Crippen LogP) is 2.38. The molecule has 0 aliphatic carbocycles. The van der Waals surface area contributed by atoms with Crippen LogP contribution in [0.25, 0.3) is 0 Å². The zero-order valence-electron chi connectivity index (χ0n) is 10.6. The summed E-state index contributed by atoms with van der Waals surface area (Å²) >= 11 is 0. The van der Waals surface area contributed by atoms with Crippen molar-refractivity contribution in [3.05, 3.63) is 53.6 Å². The highest BCUT2D eigenvalue weighted by Gasteiger charge is 2.13. The second-order valence-corrected chi connectivity index (χ2v) is 4.31. The average molecular weight is 260 g/mol. The van der Waals surface area contributed by atoms with Crippen LogP contribution in [-0.4, -0.2) is 22.4 Å². The van der Waals surface area contributed by atoms with E-state index in [-0.39, 0.29) is 11.5 Å². The van der Waals surface area contributed by atoms with Crippen molar-refractivity contribution in [3.63, 3.8) is 0 Å². The molecule has 0 aromatic heterocycles. The summed E-state index contributed by atoms with van der Waals surface area (Å²) < 4.78 is 5.06. The molecule has 0 radical (unpaired) electrons. The van der Waals surface area contributed by atoms with Gasteiger partial charge in [0.15, 0.2) is 0 Å². The molecule has 4 nitrogen and oxygen atoms in total. The van der Waals surface area contributed by atoms with Crippen LogP contribution in [0.2, 0.25) is 0 Å². The van der Waals surface area contributed by atoms with Crippen molar-refractivity contribution in [1.29, 1.82) is 0 Å². The van der Waals surface area contributed by atoms with Crippen molar-refractivity contribution in [2.24, 2.45) is 0 Å². The Balaban J connectivity index is 2.15.